The largest absolute Gasteiger partial charge is 0.389 e. The average Bonchev–Trinajstić information content (AvgIpc) is 2.82. The smallest absolute Gasteiger partial charge is 0.304 e. The third-order valence-electron chi connectivity index (χ3n) is 2.62. The molecule has 1 aromatic carbocycles. The van der Waals surface area contributed by atoms with Crippen LogP contribution in [0.15, 0.2) is 34.4 Å². The Kier molecular flexibility index (Phi) is 4.88. The minimum absolute atomic E-state index is 0.0517. The second-order valence-corrected chi connectivity index (χ2v) is 7.41. The lowest BCUT2D eigenvalue weighted by Crippen LogP contribution is -2.25. The van der Waals surface area contributed by atoms with Crippen LogP contribution in [0.1, 0.15) is 16.8 Å². The molecule has 0 bridgehead atoms. The van der Waals surface area contributed by atoms with Gasteiger partial charge in [0, 0.05) is 16.6 Å². The van der Waals surface area contributed by atoms with Crippen LogP contribution in [0.4, 0.5) is 0 Å². The number of nitrogens with two attached hydrogens (primary N) is 1. The maximum atomic E-state index is 12.0. The summed E-state index contributed by atoms with van der Waals surface area (Å²) in [5.74, 6) is -0.183. The Hall–Kier alpha value is -1.55. The van der Waals surface area contributed by atoms with Gasteiger partial charge in [-0.05, 0) is 11.6 Å². The number of sulfonamides is 1. The van der Waals surface area contributed by atoms with E-state index in [0.717, 1.165) is 11.3 Å². The molecule has 0 radical (unpaired) electrons. The van der Waals surface area contributed by atoms with Crippen LogP contribution in [-0.2, 0) is 22.3 Å². The highest BCUT2D eigenvalue weighted by molar-refractivity contribution is 7.88. The predicted molar refractivity (Wildman–Crippen MR) is 86.7 cm³/mol. The fraction of sp³-hybridized carbons (Fsp3) is 0.167. The Bertz CT molecular complexity index is 808. The molecule has 1 heterocycles. The van der Waals surface area contributed by atoms with E-state index in [0.29, 0.717) is 16.8 Å². The van der Waals surface area contributed by atoms with E-state index >= 15 is 0 Å². The van der Waals surface area contributed by atoms with Gasteiger partial charge in [-0.25, -0.2) is 13.1 Å². The zero-order valence-electron chi connectivity index (χ0n) is 10.8. The molecular weight excluding hydrogens is 330 g/mol. The fourth-order valence-corrected chi connectivity index (χ4v) is 3.48. The second-order valence-electron chi connectivity index (χ2n) is 4.32. The Morgan fingerprint density at radius 3 is 2.81 bits per heavy atom. The number of hydrogen-bond acceptors (Lipinski definition) is 5. The summed E-state index contributed by atoms with van der Waals surface area (Å²) in [6, 6.07) is 6.76. The molecule has 0 aliphatic carbocycles. The van der Waals surface area contributed by atoms with Crippen molar-refractivity contribution in [2.24, 2.45) is 5.73 Å². The Morgan fingerprint density at radius 1 is 1.43 bits per heavy atom. The molecule has 2 rings (SSSR count). The van der Waals surface area contributed by atoms with Crippen LogP contribution in [0.25, 0.3) is 0 Å². The van der Waals surface area contributed by atoms with E-state index < -0.39 is 10.0 Å². The molecule has 6 nitrogen and oxygen atoms in total. The molecule has 1 aromatic heterocycles. The summed E-state index contributed by atoms with van der Waals surface area (Å²) in [5, 5.41) is 1.58. The zero-order chi connectivity index (χ0) is 15.5. The highest BCUT2D eigenvalue weighted by Gasteiger charge is 2.12. The van der Waals surface area contributed by atoms with Crippen LogP contribution < -0.4 is 15.3 Å². The molecule has 0 saturated heterocycles. The van der Waals surface area contributed by atoms with Gasteiger partial charge < -0.3 is 10.7 Å². The van der Waals surface area contributed by atoms with Gasteiger partial charge in [-0.15, -0.1) is 0 Å². The first-order chi connectivity index (χ1) is 9.85. The minimum atomic E-state index is -3.52. The first-order valence-electron chi connectivity index (χ1n) is 5.88. The summed E-state index contributed by atoms with van der Waals surface area (Å²) in [6.45, 7) is 0.0517. The van der Waals surface area contributed by atoms with Crippen LogP contribution in [0.2, 0.25) is 0 Å². The van der Waals surface area contributed by atoms with Crippen molar-refractivity contribution < 1.29 is 8.42 Å². The number of thiocarbonyl (C=S) groups is 1. The standard InChI is InChI=1S/C12H13N3O3S3/c13-11(19)9-3-1-2-8(4-9)7-21(17,18)14-5-10-6-20-12(16)15-10/h1-4,6,14H,5,7H2,(H2,13,19)(H,15,16). The van der Waals surface area contributed by atoms with E-state index in [1.165, 1.54) is 0 Å². The number of H-pyrrole nitrogens is 1. The summed E-state index contributed by atoms with van der Waals surface area (Å²) in [7, 11) is -3.52. The number of nitrogens with one attached hydrogen (secondary N) is 2. The van der Waals surface area contributed by atoms with Gasteiger partial charge in [-0.1, -0.05) is 41.8 Å². The molecule has 0 amide bonds. The van der Waals surface area contributed by atoms with Crippen molar-refractivity contribution in [3.05, 3.63) is 56.1 Å². The van der Waals surface area contributed by atoms with Crippen molar-refractivity contribution in [1.82, 2.24) is 9.71 Å². The van der Waals surface area contributed by atoms with E-state index in [1.807, 2.05) is 0 Å². The fourth-order valence-electron chi connectivity index (χ4n) is 1.67. The van der Waals surface area contributed by atoms with E-state index in [9.17, 15) is 13.2 Å². The molecule has 0 aliphatic heterocycles. The molecule has 0 atom stereocenters. The quantitative estimate of drug-likeness (QED) is 0.669. The maximum Gasteiger partial charge on any atom is 0.304 e. The molecule has 0 fully saturated rings. The molecule has 21 heavy (non-hydrogen) atoms. The third kappa shape index (κ3) is 4.74. The van der Waals surface area contributed by atoms with Crippen molar-refractivity contribution in [2.75, 3.05) is 0 Å². The minimum Gasteiger partial charge on any atom is -0.389 e. The van der Waals surface area contributed by atoms with Crippen molar-refractivity contribution in [2.45, 2.75) is 12.3 Å². The highest BCUT2D eigenvalue weighted by atomic mass is 32.2. The van der Waals surface area contributed by atoms with E-state index in [-0.39, 0.29) is 22.2 Å². The van der Waals surface area contributed by atoms with Gasteiger partial charge in [-0.2, -0.15) is 0 Å². The molecule has 0 unspecified atom stereocenters. The monoisotopic (exact) mass is 343 g/mol. The number of hydrogen-bond donors (Lipinski definition) is 3. The molecule has 112 valence electrons. The molecule has 4 N–H and O–H groups in total. The average molecular weight is 343 g/mol. The van der Waals surface area contributed by atoms with Crippen LogP contribution in [-0.4, -0.2) is 18.4 Å². The Balaban J connectivity index is 2.05. The number of benzene rings is 1. The van der Waals surface area contributed by atoms with Crippen molar-refractivity contribution in [3.63, 3.8) is 0 Å². The lowest BCUT2D eigenvalue weighted by Gasteiger charge is -2.07. The van der Waals surface area contributed by atoms with Crippen molar-refractivity contribution in [3.8, 4) is 0 Å². The van der Waals surface area contributed by atoms with Gasteiger partial charge in [-0.3, -0.25) is 4.79 Å². The van der Waals surface area contributed by atoms with Crippen molar-refractivity contribution >= 4 is 38.6 Å². The summed E-state index contributed by atoms with van der Waals surface area (Å²) >= 11 is 5.85. The van der Waals surface area contributed by atoms with Gasteiger partial charge in [0.15, 0.2) is 0 Å². The summed E-state index contributed by atoms with van der Waals surface area (Å²) < 4.78 is 26.4. The van der Waals surface area contributed by atoms with Crippen molar-refractivity contribution in [1.29, 1.82) is 0 Å². The van der Waals surface area contributed by atoms with Gasteiger partial charge >= 0.3 is 4.87 Å². The molecule has 2 aromatic rings. The van der Waals surface area contributed by atoms with Crippen LogP contribution in [0.5, 0.6) is 0 Å². The molecule has 0 spiro atoms. The molecule has 0 aliphatic rings. The van der Waals surface area contributed by atoms with E-state index in [1.54, 1.807) is 29.6 Å². The summed E-state index contributed by atoms with van der Waals surface area (Å²) in [4.78, 5) is 13.5. The van der Waals surface area contributed by atoms with E-state index in [2.05, 4.69) is 9.71 Å². The zero-order valence-corrected chi connectivity index (χ0v) is 13.3. The first kappa shape index (κ1) is 15.8. The van der Waals surface area contributed by atoms with E-state index in [4.69, 9.17) is 18.0 Å². The normalized spacial score (nSPS) is 11.4. The number of thiazole rings is 1. The number of rotatable bonds is 6. The first-order valence-corrected chi connectivity index (χ1v) is 8.82. The SMILES string of the molecule is NC(=S)c1cccc(CS(=O)(=O)NCc2csc(=O)[nH]2)c1. The molecular formula is C12H13N3O3S3. The predicted octanol–water partition coefficient (Wildman–Crippen LogP) is 0.690. The Labute approximate surface area is 131 Å². The van der Waals surface area contributed by atoms with Gasteiger partial charge in [0.25, 0.3) is 0 Å². The van der Waals surface area contributed by atoms with Gasteiger partial charge in [0.1, 0.15) is 4.99 Å². The summed E-state index contributed by atoms with van der Waals surface area (Å²) in [6.07, 6.45) is 0. The number of aromatic nitrogens is 1. The maximum absolute atomic E-state index is 12.0. The number of aromatic amines is 1. The van der Waals surface area contributed by atoms with Gasteiger partial charge in [0.2, 0.25) is 10.0 Å². The molecule has 0 saturated carbocycles. The molecule has 9 heteroatoms. The Morgan fingerprint density at radius 2 is 2.19 bits per heavy atom. The van der Waals surface area contributed by atoms with Gasteiger partial charge in [0.05, 0.1) is 12.3 Å². The summed E-state index contributed by atoms with van der Waals surface area (Å²) in [5.41, 5.74) is 7.26. The van der Waals surface area contributed by atoms with Crippen LogP contribution in [0, 0.1) is 0 Å². The lowest BCUT2D eigenvalue weighted by atomic mass is 10.1. The highest BCUT2D eigenvalue weighted by Crippen LogP contribution is 2.09. The third-order valence-corrected chi connectivity index (χ3v) is 4.87. The lowest BCUT2D eigenvalue weighted by molar-refractivity contribution is 0.579. The van der Waals surface area contributed by atoms with Crippen LogP contribution in [0.3, 0.4) is 0 Å². The second kappa shape index (κ2) is 6.48. The van der Waals surface area contributed by atoms with Crippen LogP contribution >= 0.6 is 23.6 Å². The topological polar surface area (TPSA) is 105 Å².